The molecule has 128 valence electrons. The normalized spacial score (nSPS) is 23.0. The maximum absolute atomic E-state index is 12.7. The van der Waals surface area contributed by atoms with E-state index in [1.54, 1.807) is 11.3 Å². The SMILES string of the molecule is CC(C)(C)OC(=O)N1C2CCCC1c1nnc(-c3cccs3)n1C2. The third-order valence-electron chi connectivity index (χ3n) is 4.56. The van der Waals surface area contributed by atoms with Gasteiger partial charge in [-0.15, -0.1) is 21.5 Å². The van der Waals surface area contributed by atoms with E-state index >= 15 is 0 Å². The average Bonchev–Trinajstić information content (AvgIpc) is 3.13. The van der Waals surface area contributed by atoms with Crippen LogP contribution in [-0.2, 0) is 11.3 Å². The highest BCUT2D eigenvalue weighted by Crippen LogP contribution is 2.41. The van der Waals surface area contributed by atoms with Gasteiger partial charge in [0.15, 0.2) is 11.6 Å². The van der Waals surface area contributed by atoms with Crippen LogP contribution in [0.3, 0.4) is 0 Å². The van der Waals surface area contributed by atoms with E-state index in [0.717, 1.165) is 42.3 Å². The fourth-order valence-corrected chi connectivity index (χ4v) is 4.36. The van der Waals surface area contributed by atoms with Crippen LogP contribution < -0.4 is 0 Å². The highest BCUT2D eigenvalue weighted by molar-refractivity contribution is 7.13. The number of thiophene rings is 1. The number of carbonyl (C=O) groups is 1. The van der Waals surface area contributed by atoms with Crippen molar-refractivity contribution in [2.24, 2.45) is 0 Å². The Bertz CT molecular complexity index is 747. The Morgan fingerprint density at radius 3 is 2.88 bits per heavy atom. The molecular formula is C17H22N4O2S. The molecule has 4 rings (SSSR count). The van der Waals surface area contributed by atoms with Crippen molar-refractivity contribution in [1.82, 2.24) is 19.7 Å². The lowest BCUT2D eigenvalue weighted by atomic mass is 9.92. The molecule has 0 aromatic carbocycles. The van der Waals surface area contributed by atoms with Crippen molar-refractivity contribution in [3.8, 4) is 10.7 Å². The van der Waals surface area contributed by atoms with Crippen molar-refractivity contribution in [3.05, 3.63) is 23.3 Å². The summed E-state index contributed by atoms with van der Waals surface area (Å²) in [6, 6.07) is 4.21. The number of nitrogens with zero attached hydrogens (tertiary/aromatic N) is 4. The minimum absolute atomic E-state index is 0.0337. The topological polar surface area (TPSA) is 60.2 Å². The van der Waals surface area contributed by atoms with Crippen LogP contribution in [0.5, 0.6) is 0 Å². The lowest BCUT2D eigenvalue weighted by molar-refractivity contribution is -0.0181. The summed E-state index contributed by atoms with van der Waals surface area (Å²) in [5, 5.41) is 10.9. The first-order valence-electron chi connectivity index (χ1n) is 8.42. The van der Waals surface area contributed by atoms with Crippen LogP contribution in [0, 0.1) is 0 Å². The number of amides is 1. The second-order valence-electron chi connectivity index (χ2n) is 7.46. The number of ether oxygens (including phenoxy) is 1. The molecule has 2 aliphatic heterocycles. The summed E-state index contributed by atoms with van der Waals surface area (Å²) in [5.41, 5.74) is -0.487. The van der Waals surface area contributed by atoms with Gasteiger partial charge < -0.3 is 9.30 Å². The Morgan fingerprint density at radius 2 is 2.17 bits per heavy atom. The Labute approximate surface area is 145 Å². The summed E-state index contributed by atoms with van der Waals surface area (Å²) in [6.07, 6.45) is 2.79. The maximum atomic E-state index is 12.7. The molecule has 0 N–H and O–H groups in total. The second kappa shape index (κ2) is 5.58. The number of hydrogen-bond donors (Lipinski definition) is 0. The summed E-state index contributed by atoms with van der Waals surface area (Å²) in [5.74, 6) is 1.81. The van der Waals surface area contributed by atoms with Crippen LogP contribution in [-0.4, -0.2) is 37.4 Å². The molecule has 7 heteroatoms. The third kappa shape index (κ3) is 2.60. The van der Waals surface area contributed by atoms with E-state index < -0.39 is 5.60 Å². The quantitative estimate of drug-likeness (QED) is 0.787. The van der Waals surface area contributed by atoms with E-state index in [4.69, 9.17) is 4.74 Å². The molecular weight excluding hydrogens is 324 g/mol. The fraction of sp³-hybridized carbons (Fsp3) is 0.588. The molecule has 1 fully saturated rings. The van der Waals surface area contributed by atoms with Gasteiger partial charge in [-0.3, -0.25) is 4.90 Å². The summed E-state index contributed by atoms with van der Waals surface area (Å²) in [6.45, 7) is 6.46. The first-order valence-corrected chi connectivity index (χ1v) is 9.30. The first kappa shape index (κ1) is 15.6. The third-order valence-corrected chi connectivity index (χ3v) is 5.43. The summed E-state index contributed by atoms with van der Waals surface area (Å²) in [7, 11) is 0. The number of carbonyl (C=O) groups excluding carboxylic acids is 1. The van der Waals surface area contributed by atoms with Gasteiger partial charge in [-0.25, -0.2) is 4.79 Å². The molecule has 2 aliphatic rings. The van der Waals surface area contributed by atoms with E-state index in [1.807, 2.05) is 37.1 Å². The molecule has 0 aliphatic carbocycles. The molecule has 0 radical (unpaired) electrons. The predicted molar refractivity (Wildman–Crippen MR) is 91.8 cm³/mol. The number of fused-ring (bicyclic) bond motifs is 4. The molecule has 1 amide bonds. The van der Waals surface area contributed by atoms with Gasteiger partial charge in [0.1, 0.15) is 5.60 Å². The van der Waals surface area contributed by atoms with E-state index in [2.05, 4.69) is 20.8 Å². The molecule has 1 saturated heterocycles. The lowest BCUT2D eigenvalue weighted by Gasteiger charge is -2.45. The Hall–Kier alpha value is -1.89. The van der Waals surface area contributed by atoms with Crippen molar-refractivity contribution in [1.29, 1.82) is 0 Å². The van der Waals surface area contributed by atoms with Crippen molar-refractivity contribution >= 4 is 17.4 Å². The minimum Gasteiger partial charge on any atom is -0.444 e. The van der Waals surface area contributed by atoms with Crippen molar-refractivity contribution in [3.63, 3.8) is 0 Å². The molecule has 24 heavy (non-hydrogen) atoms. The van der Waals surface area contributed by atoms with E-state index in [9.17, 15) is 4.79 Å². The summed E-state index contributed by atoms with van der Waals surface area (Å²) >= 11 is 1.67. The van der Waals surface area contributed by atoms with Crippen LogP contribution in [0.15, 0.2) is 17.5 Å². The van der Waals surface area contributed by atoms with Crippen LogP contribution >= 0.6 is 11.3 Å². The van der Waals surface area contributed by atoms with E-state index in [0.29, 0.717) is 0 Å². The Kier molecular flexibility index (Phi) is 3.63. The zero-order valence-corrected chi connectivity index (χ0v) is 15.0. The molecule has 2 aromatic heterocycles. The van der Waals surface area contributed by atoms with Gasteiger partial charge >= 0.3 is 6.09 Å². The number of aromatic nitrogens is 3. The predicted octanol–water partition coefficient (Wildman–Crippen LogP) is 3.85. The van der Waals surface area contributed by atoms with E-state index in [1.165, 1.54) is 0 Å². The van der Waals surface area contributed by atoms with Crippen molar-refractivity contribution in [2.45, 2.75) is 64.3 Å². The van der Waals surface area contributed by atoms with Gasteiger partial charge in [-0.1, -0.05) is 6.07 Å². The van der Waals surface area contributed by atoms with Gasteiger partial charge in [-0.05, 0) is 51.5 Å². The van der Waals surface area contributed by atoms with Gasteiger partial charge in [0.25, 0.3) is 0 Å². The molecule has 4 heterocycles. The van der Waals surface area contributed by atoms with Gasteiger partial charge in [0, 0.05) is 6.54 Å². The fourth-order valence-electron chi connectivity index (χ4n) is 3.64. The molecule has 2 aromatic rings. The van der Waals surface area contributed by atoms with Crippen molar-refractivity contribution < 1.29 is 9.53 Å². The molecule has 0 saturated carbocycles. The maximum Gasteiger partial charge on any atom is 0.411 e. The minimum atomic E-state index is -0.487. The summed E-state index contributed by atoms with van der Waals surface area (Å²) in [4.78, 5) is 15.7. The standard InChI is InChI=1S/C17H22N4O2S/c1-17(2,3)23-16(22)21-11-6-4-7-12(21)14-18-19-15(20(14)10-11)13-8-5-9-24-13/h5,8-9,11-12H,4,6-7,10H2,1-3H3. The smallest absolute Gasteiger partial charge is 0.411 e. The first-order chi connectivity index (χ1) is 11.4. The molecule has 2 atom stereocenters. The van der Waals surface area contributed by atoms with Crippen LogP contribution in [0.25, 0.3) is 10.7 Å². The highest BCUT2D eigenvalue weighted by atomic mass is 32.1. The molecule has 0 spiro atoms. The Balaban J connectivity index is 1.69. The number of piperidine rings is 1. The largest absolute Gasteiger partial charge is 0.444 e. The van der Waals surface area contributed by atoms with Crippen LogP contribution in [0.4, 0.5) is 4.79 Å². The van der Waals surface area contributed by atoms with Gasteiger partial charge in [0.2, 0.25) is 0 Å². The lowest BCUT2D eigenvalue weighted by Crippen LogP contribution is -2.53. The number of hydrogen-bond acceptors (Lipinski definition) is 5. The summed E-state index contributed by atoms with van der Waals surface area (Å²) < 4.78 is 7.83. The van der Waals surface area contributed by atoms with Gasteiger partial charge in [0.05, 0.1) is 17.0 Å². The van der Waals surface area contributed by atoms with E-state index in [-0.39, 0.29) is 18.2 Å². The second-order valence-corrected chi connectivity index (χ2v) is 8.41. The Morgan fingerprint density at radius 1 is 1.33 bits per heavy atom. The molecule has 6 nitrogen and oxygen atoms in total. The zero-order chi connectivity index (χ0) is 16.9. The van der Waals surface area contributed by atoms with Gasteiger partial charge in [-0.2, -0.15) is 0 Å². The van der Waals surface area contributed by atoms with Crippen LogP contribution in [0.1, 0.15) is 51.9 Å². The highest BCUT2D eigenvalue weighted by Gasteiger charge is 2.44. The average molecular weight is 346 g/mol. The number of rotatable bonds is 1. The monoisotopic (exact) mass is 346 g/mol. The molecule has 2 unspecified atom stereocenters. The zero-order valence-electron chi connectivity index (χ0n) is 14.2. The van der Waals surface area contributed by atoms with Crippen molar-refractivity contribution in [2.75, 3.05) is 0 Å². The molecule has 2 bridgehead atoms. The van der Waals surface area contributed by atoms with Crippen LogP contribution in [0.2, 0.25) is 0 Å².